The Balaban J connectivity index is 2.08. The molecule has 3 heteroatoms. The third kappa shape index (κ3) is 3.56. The van der Waals surface area contributed by atoms with Gasteiger partial charge in [0.05, 0.1) is 12.7 Å². The normalized spacial score (nSPS) is 15.6. The lowest BCUT2D eigenvalue weighted by molar-refractivity contribution is 0.0657. The van der Waals surface area contributed by atoms with Crippen LogP contribution in [0.4, 0.5) is 0 Å². The lowest BCUT2D eigenvalue weighted by Gasteiger charge is -2.15. The molecule has 0 bridgehead atoms. The zero-order valence-corrected chi connectivity index (χ0v) is 10.6. The topological polar surface area (TPSA) is 33.6 Å². The van der Waals surface area contributed by atoms with Crippen LogP contribution in [-0.2, 0) is 11.3 Å². The van der Waals surface area contributed by atoms with E-state index in [-0.39, 0.29) is 6.10 Å². The van der Waals surface area contributed by atoms with Gasteiger partial charge in [-0.15, -0.1) is 0 Å². The van der Waals surface area contributed by atoms with Crippen LogP contribution in [0.3, 0.4) is 0 Å². The van der Waals surface area contributed by atoms with Crippen molar-refractivity contribution in [2.75, 3.05) is 13.1 Å². The van der Waals surface area contributed by atoms with Gasteiger partial charge in [0.1, 0.15) is 5.84 Å². The fraction of sp³-hybridized carbons (Fsp3) is 0.500. The van der Waals surface area contributed by atoms with Crippen molar-refractivity contribution in [3.63, 3.8) is 0 Å². The number of hydrogen-bond donors (Lipinski definition) is 1. The molecule has 0 unspecified atom stereocenters. The molecular weight excluding hydrogens is 212 g/mol. The number of rotatable bonds is 4. The van der Waals surface area contributed by atoms with Crippen molar-refractivity contribution in [3.8, 4) is 0 Å². The van der Waals surface area contributed by atoms with Gasteiger partial charge >= 0.3 is 0 Å². The van der Waals surface area contributed by atoms with Crippen LogP contribution < -0.4 is 5.32 Å². The van der Waals surface area contributed by atoms with Crippen molar-refractivity contribution in [3.05, 3.63) is 35.4 Å². The maximum atomic E-state index is 5.61. The molecular formula is C14H20N2O. The van der Waals surface area contributed by atoms with E-state index in [1.807, 2.05) is 0 Å². The van der Waals surface area contributed by atoms with Gasteiger partial charge in [0.2, 0.25) is 0 Å². The first-order valence-electron chi connectivity index (χ1n) is 6.25. The van der Waals surface area contributed by atoms with Crippen LogP contribution in [0.1, 0.15) is 31.4 Å². The molecule has 0 amide bonds. The number of nitrogens with zero attached hydrogens (tertiary/aromatic N) is 1. The second kappa shape index (κ2) is 5.82. The Morgan fingerprint density at radius 3 is 3.00 bits per heavy atom. The van der Waals surface area contributed by atoms with E-state index in [0.717, 1.165) is 30.9 Å². The lowest BCUT2D eigenvalue weighted by Crippen LogP contribution is -2.30. The zero-order valence-electron chi connectivity index (χ0n) is 10.6. The molecule has 1 N–H and O–H groups in total. The molecule has 0 radical (unpaired) electrons. The second-order valence-electron chi connectivity index (χ2n) is 4.57. The van der Waals surface area contributed by atoms with Crippen molar-refractivity contribution in [2.24, 2.45) is 4.99 Å². The van der Waals surface area contributed by atoms with E-state index >= 15 is 0 Å². The van der Waals surface area contributed by atoms with E-state index in [1.54, 1.807) is 0 Å². The van der Waals surface area contributed by atoms with E-state index in [1.165, 1.54) is 5.56 Å². The van der Waals surface area contributed by atoms with E-state index in [0.29, 0.717) is 6.61 Å². The SMILES string of the molecule is CC(C)OCc1cccc(C2=NCCCN2)c1. The van der Waals surface area contributed by atoms with Crippen LogP contribution in [-0.4, -0.2) is 25.0 Å². The fourth-order valence-electron chi connectivity index (χ4n) is 1.80. The van der Waals surface area contributed by atoms with Crippen LogP contribution in [0.2, 0.25) is 0 Å². The predicted molar refractivity (Wildman–Crippen MR) is 70.4 cm³/mol. The summed E-state index contributed by atoms with van der Waals surface area (Å²) in [5.41, 5.74) is 2.36. The summed E-state index contributed by atoms with van der Waals surface area (Å²) in [6, 6.07) is 8.40. The predicted octanol–water partition coefficient (Wildman–Crippen LogP) is 2.35. The van der Waals surface area contributed by atoms with Crippen LogP contribution in [0.5, 0.6) is 0 Å². The average molecular weight is 232 g/mol. The largest absolute Gasteiger partial charge is 0.374 e. The van der Waals surface area contributed by atoms with Crippen LogP contribution in [0.15, 0.2) is 29.3 Å². The number of hydrogen-bond acceptors (Lipinski definition) is 3. The van der Waals surface area contributed by atoms with E-state index < -0.39 is 0 Å². The van der Waals surface area contributed by atoms with Crippen molar-refractivity contribution in [1.82, 2.24) is 5.32 Å². The van der Waals surface area contributed by atoms with Gasteiger partial charge in [-0.3, -0.25) is 4.99 Å². The van der Waals surface area contributed by atoms with Crippen molar-refractivity contribution < 1.29 is 4.74 Å². The fourth-order valence-corrected chi connectivity index (χ4v) is 1.80. The molecule has 0 fully saturated rings. The second-order valence-corrected chi connectivity index (χ2v) is 4.57. The molecule has 0 saturated heterocycles. The highest BCUT2D eigenvalue weighted by Crippen LogP contribution is 2.09. The Bertz CT molecular complexity index is 399. The molecule has 0 aromatic heterocycles. The van der Waals surface area contributed by atoms with Crippen LogP contribution in [0.25, 0.3) is 0 Å². The van der Waals surface area contributed by atoms with E-state index in [4.69, 9.17) is 4.74 Å². The summed E-state index contributed by atoms with van der Waals surface area (Å²) in [6.45, 7) is 6.71. The minimum absolute atomic E-state index is 0.267. The number of amidine groups is 1. The molecule has 92 valence electrons. The summed E-state index contributed by atoms with van der Waals surface area (Å²) in [6.07, 6.45) is 1.39. The molecule has 1 aromatic carbocycles. The van der Waals surface area contributed by atoms with E-state index in [9.17, 15) is 0 Å². The summed E-state index contributed by atoms with van der Waals surface area (Å²) in [5, 5.41) is 3.34. The van der Waals surface area contributed by atoms with Crippen molar-refractivity contribution in [1.29, 1.82) is 0 Å². The molecule has 0 saturated carbocycles. The number of aliphatic imine (C=N–C) groups is 1. The number of nitrogens with one attached hydrogen (secondary N) is 1. The van der Waals surface area contributed by atoms with Gasteiger partial charge in [0, 0.05) is 18.7 Å². The van der Waals surface area contributed by atoms with Gasteiger partial charge in [-0.25, -0.2) is 0 Å². The van der Waals surface area contributed by atoms with Gasteiger partial charge < -0.3 is 10.1 Å². The standard InChI is InChI=1S/C14H20N2O/c1-11(2)17-10-12-5-3-6-13(9-12)14-15-7-4-8-16-14/h3,5-6,9,11H,4,7-8,10H2,1-2H3,(H,15,16). The quantitative estimate of drug-likeness (QED) is 0.864. The first-order valence-corrected chi connectivity index (χ1v) is 6.25. The van der Waals surface area contributed by atoms with Gasteiger partial charge in [0.25, 0.3) is 0 Å². The summed E-state index contributed by atoms with van der Waals surface area (Å²) >= 11 is 0. The molecule has 1 heterocycles. The minimum atomic E-state index is 0.267. The molecule has 1 aliphatic rings. The third-order valence-electron chi connectivity index (χ3n) is 2.68. The summed E-state index contributed by atoms with van der Waals surface area (Å²) in [4.78, 5) is 4.50. The molecule has 3 nitrogen and oxygen atoms in total. The molecule has 0 aliphatic carbocycles. The molecule has 17 heavy (non-hydrogen) atoms. The lowest BCUT2D eigenvalue weighted by atomic mass is 10.1. The van der Waals surface area contributed by atoms with Crippen LogP contribution >= 0.6 is 0 Å². The zero-order chi connectivity index (χ0) is 12.1. The smallest absolute Gasteiger partial charge is 0.128 e. The summed E-state index contributed by atoms with van der Waals surface area (Å²) < 4.78 is 5.61. The highest BCUT2D eigenvalue weighted by molar-refractivity contribution is 5.99. The molecule has 0 spiro atoms. The third-order valence-corrected chi connectivity index (χ3v) is 2.68. The number of benzene rings is 1. The Kier molecular flexibility index (Phi) is 4.15. The Hall–Kier alpha value is -1.35. The average Bonchev–Trinajstić information content (AvgIpc) is 2.38. The maximum Gasteiger partial charge on any atom is 0.128 e. The Morgan fingerprint density at radius 2 is 2.29 bits per heavy atom. The van der Waals surface area contributed by atoms with Crippen molar-refractivity contribution >= 4 is 5.84 Å². The number of ether oxygens (including phenoxy) is 1. The van der Waals surface area contributed by atoms with Gasteiger partial charge in [0.15, 0.2) is 0 Å². The summed E-state index contributed by atoms with van der Waals surface area (Å²) in [5.74, 6) is 1.02. The highest BCUT2D eigenvalue weighted by Gasteiger charge is 2.07. The Morgan fingerprint density at radius 1 is 1.41 bits per heavy atom. The molecule has 1 aliphatic heterocycles. The first kappa shape index (κ1) is 12.1. The van der Waals surface area contributed by atoms with Crippen molar-refractivity contribution in [2.45, 2.75) is 33.0 Å². The molecule has 1 aromatic rings. The van der Waals surface area contributed by atoms with Gasteiger partial charge in [-0.2, -0.15) is 0 Å². The summed E-state index contributed by atoms with van der Waals surface area (Å²) in [7, 11) is 0. The van der Waals surface area contributed by atoms with E-state index in [2.05, 4.69) is 48.4 Å². The maximum absolute atomic E-state index is 5.61. The highest BCUT2D eigenvalue weighted by atomic mass is 16.5. The minimum Gasteiger partial charge on any atom is -0.374 e. The molecule has 0 atom stereocenters. The van der Waals surface area contributed by atoms with Gasteiger partial charge in [-0.05, 0) is 31.9 Å². The first-order chi connectivity index (χ1) is 8.25. The van der Waals surface area contributed by atoms with Gasteiger partial charge in [-0.1, -0.05) is 18.2 Å². The monoisotopic (exact) mass is 232 g/mol. The molecule has 2 rings (SSSR count). The van der Waals surface area contributed by atoms with Crippen LogP contribution in [0, 0.1) is 0 Å². The Labute approximate surface area is 103 Å².